The first kappa shape index (κ1) is 25.5. The van der Waals surface area contributed by atoms with Crippen molar-refractivity contribution in [3.05, 3.63) is 12.2 Å². The molecule has 0 bridgehead atoms. The number of aliphatic carboxylic acids is 1. The summed E-state index contributed by atoms with van der Waals surface area (Å²) in [6.45, 7) is 2.27. The Kier molecular flexibility index (Phi) is 24.6. The van der Waals surface area contributed by atoms with E-state index in [1.807, 2.05) is 0 Å². The first-order chi connectivity index (χ1) is 10.8. The summed E-state index contributed by atoms with van der Waals surface area (Å²) in [5.41, 5.74) is 0. The Hall–Kier alpha value is 0.210. The van der Waals surface area contributed by atoms with Gasteiger partial charge >= 0.3 is 29.6 Å². The van der Waals surface area contributed by atoms with Crippen LogP contribution in [0.4, 0.5) is 0 Å². The average molecular weight is 333 g/mol. The van der Waals surface area contributed by atoms with Crippen molar-refractivity contribution in [3.63, 3.8) is 0 Å². The van der Waals surface area contributed by atoms with Gasteiger partial charge in [0.1, 0.15) is 0 Å². The van der Waals surface area contributed by atoms with Crippen LogP contribution >= 0.6 is 0 Å². The second-order valence-corrected chi connectivity index (χ2v) is 6.41. The minimum Gasteiger partial charge on any atom is -0.550 e. The summed E-state index contributed by atoms with van der Waals surface area (Å²) in [6, 6.07) is 0. The first-order valence-corrected chi connectivity index (χ1v) is 9.62. The fourth-order valence-corrected chi connectivity index (χ4v) is 2.69. The number of hydrogen-bond acceptors (Lipinski definition) is 2. The van der Waals surface area contributed by atoms with Crippen LogP contribution in [0.3, 0.4) is 0 Å². The number of carbonyl (C=O) groups excluding carboxylic acids is 1. The van der Waals surface area contributed by atoms with Crippen LogP contribution in [0, 0.1) is 0 Å². The normalized spacial score (nSPS) is 10.8. The van der Waals surface area contributed by atoms with Crippen LogP contribution in [0.1, 0.15) is 110 Å². The zero-order chi connectivity index (χ0) is 16.3. The Morgan fingerprint density at radius 2 is 1.09 bits per heavy atom. The van der Waals surface area contributed by atoms with Gasteiger partial charge in [0.2, 0.25) is 0 Å². The van der Waals surface area contributed by atoms with Gasteiger partial charge < -0.3 is 9.90 Å². The van der Waals surface area contributed by atoms with Crippen molar-refractivity contribution >= 4 is 5.97 Å². The topological polar surface area (TPSA) is 40.1 Å². The molecule has 0 saturated carbocycles. The molecule has 0 radical (unpaired) electrons. The van der Waals surface area contributed by atoms with E-state index in [1.165, 1.54) is 77.0 Å². The van der Waals surface area contributed by atoms with E-state index in [9.17, 15) is 9.90 Å². The molecule has 130 valence electrons. The monoisotopic (exact) mass is 332 g/mol. The van der Waals surface area contributed by atoms with Gasteiger partial charge in [-0.05, 0) is 38.5 Å². The Bertz CT molecular complexity index is 264. The third-order valence-corrected chi connectivity index (χ3v) is 4.14. The van der Waals surface area contributed by atoms with Gasteiger partial charge in [0.05, 0.1) is 0 Å². The van der Waals surface area contributed by atoms with E-state index in [2.05, 4.69) is 19.1 Å². The summed E-state index contributed by atoms with van der Waals surface area (Å²) < 4.78 is 0. The van der Waals surface area contributed by atoms with Crippen LogP contribution in [-0.4, -0.2) is 5.97 Å². The van der Waals surface area contributed by atoms with E-state index in [1.54, 1.807) is 0 Å². The van der Waals surface area contributed by atoms with Crippen LogP contribution < -0.4 is 34.7 Å². The molecule has 0 fully saturated rings. The molecule has 0 aliphatic heterocycles. The summed E-state index contributed by atoms with van der Waals surface area (Å²) in [5, 5.41) is 10.2. The molecule has 0 aromatic carbocycles. The first-order valence-electron chi connectivity index (χ1n) is 9.62. The van der Waals surface area contributed by atoms with E-state index in [-0.39, 0.29) is 36.0 Å². The van der Waals surface area contributed by atoms with E-state index >= 15 is 0 Å². The average Bonchev–Trinajstić information content (AvgIpc) is 2.50. The summed E-state index contributed by atoms with van der Waals surface area (Å²) in [6.07, 6.45) is 23.8. The molecule has 0 heterocycles. The van der Waals surface area contributed by atoms with E-state index in [4.69, 9.17) is 0 Å². The largest absolute Gasteiger partial charge is 1.00 e. The van der Waals surface area contributed by atoms with Crippen molar-refractivity contribution < 1.29 is 39.5 Å². The second-order valence-electron chi connectivity index (χ2n) is 6.41. The van der Waals surface area contributed by atoms with E-state index < -0.39 is 5.97 Å². The predicted molar refractivity (Wildman–Crippen MR) is 93.7 cm³/mol. The maximum absolute atomic E-state index is 10.2. The Balaban J connectivity index is 0. The van der Waals surface area contributed by atoms with Crippen LogP contribution in [0.2, 0.25) is 0 Å². The van der Waals surface area contributed by atoms with Gasteiger partial charge in [-0.2, -0.15) is 0 Å². The molecule has 0 saturated heterocycles. The number of hydrogen-bond donors (Lipinski definition) is 0. The molecule has 0 aromatic heterocycles. The van der Waals surface area contributed by atoms with Crippen molar-refractivity contribution in [3.8, 4) is 0 Å². The van der Waals surface area contributed by atoms with Crippen LogP contribution in [0.25, 0.3) is 0 Å². The van der Waals surface area contributed by atoms with E-state index in [0.29, 0.717) is 0 Å². The SMILES string of the molecule is CCCCCCCCCC/C=C/CCCCCCCC(=O)[O-].[Na+]. The smallest absolute Gasteiger partial charge is 0.550 e. The molecule has 3 heteroatoms. The fourth-order valence-electron chi connectivity index (χ4n) is 2.69. The van der Waals surface area contributed by atoms with Crippen molar-refractivity contribution in [2.75, 3.05) is 0 Å². The van der Waals surface area contributed by atoms with Gasteiger partial charge in [0, 0.05) is 5.97 Å². The third-order valence-electron chi connectivity index (χ3n) is 4.14. The number of carbonyl (C=O) groups is 1. The Morgan fingerprint density at radius 1 is 0.696 bits per heavy atom. The summed E-state index contributed by atoms with van der Waals surface area (Å²) in [4.78, 5) is 10.2. The number of carboxylic acids is 1. The maximum Gasteiger partial charge on any atom is 1.00 e. The number of carboxylic acid groups (broad SMARTS) is 1. The summed E-state index contributed by atoms with van der Waals surface area (Å²) >= 11 is 0. The van der Waals surface area contributed by atoms with Crippen LogP contribution in [0.15, 0.2) is 12.2 Å². The second kappa shape index (κ2) is 22.2. The minimum absolute atomic E-state index is 0. The molecule has 23 heavy (non-hydrogen) atoms. The van der Waals surface area contributed by atoms with Crippen molar-refractivity contribution in [1.82, 2.24) is 0 Å². The molecular formula is C20H37NaO2. The molecule has 2 nitrogen and oxygen atoms in total. The quantitative estimate of drug-likeness (QED) is 0.233. The summed E-state index contributed by atoms with van der Waals surface area (Å²) in [5.74, 6) is -0.913. The molecule has 0 spiro atoms. The van der Waals surface area contributed by atoms with Crippen LogP contribution in [-0.2, 0) is 4.79 Å². The zero-order valence-electron chi connectivity index (χ0n) is 15.8. The van der Waals surface area contributed by atoms with Crippen molar-refractivity contribution in [2.24, 2.45) is 0 Å². The van der Waals surface area contributed by atoms with Crippen molar-refractivity contribution in [1.29, 1.82) is 0 Å². The van der Waals surface area contributed by atoms with Gasteiger partial charge in [-0.15, -0.1) is 0 Å². The molecule has 0 N–H and O–H groups in total. The number of unbranched alkanes of at least 4 members (excludes halogenated alkanes) is 13. The molecule has 0 amide bonds. The molecule has 0 atom stereocenters. The van der Waals surface area contributed by atoms with Gasteiger partial charge in [-0.1, -0.05) is 83.3 Å². The predicted octanol–water partition coefficient (Wildman–Crippen LogP) is 2.56. The number of allylic oxidation sites excluding steroid dienone is 2. The van der Waals surface area contributed by atoms with Crippen LogP contribution in [0.5, 0.6) is 0 Å². The van der Waals surface area contributed by atoms with E-state index in [0.717, 1.165) is 19.3 Å². The number of rotatable bonds is 17. The molecule has 0 aliphatic rings. The molecule has 0 aliphatic carbocycles. The van der Waals surface area contributed by atoms with Crippen molar-refractivity contribution in [2.45, 2.75) is 110 Å². The minimum atomic E-state index is -0.913. The third kappa shape index (κ3) is 24.6. The summed E-state index contributed by atoms with van der Waals surface area (Å²) in [7, 11) is 0. The molecule has 0 aromatic rings. The van der Waals surface area contributed by atoms with Gasteiger partial charge in [0.15, 0.2) is 0 Å². The molecular weight excluding hydrogens is 295 g/mol. The fraction of sp³-hybridized carbons (Fsp3) is 0.850. The Morgan fingerprint density at radius 3 is 1.52 bits per heavy atom. The van der Waals surface area contributed by atoms with Gasteiger partial charge in [0.25, 0.3) is 0 Å². The maximum atomic E-state index is 10.2. The standard InChI is InChI=1S/C20H38O2.Na/c1-2-3-4-5-6-7-8-9-10-11-12-13-14-15-16-17-18-19-20(21)22;/h11-12H,2-10,13-19H2,1H3,(H,21,22);/q;+1/p-1/b12-11+;. The van der Waals surface area contributed by atoms with Gasteiger partial charge in [-0.25, -0.2) is 0 Å². The zero-order valence-corrected chi connectivity index (χ0v) is 17.8. The molecule has 0 unspecified atom stereocenters. The Labute approximate surface area is 166 Å². The van der Waals surface area contributed by atoms with Gasteiger partial charge in [-0.3, -0.25) is 0 Å². The molecule has 0 rings (SSSR count).